The summed E-state index contributed by atoms with van der Waals surface area (Å²) >= 11 is 0. The van der Waals surface area contributed by atoms with Crippen LogP contribution in [0.25, 0.3) is 0 Å². The van der Waals surface area contributed by atoms with Gasteiger partial charge in [-0.25, -0.2) is 0 Å². The van der Waals surface area contributed by atoms with Gasteiger partial charge < -0.3 is 25.2 Å². The van der Waals surface area contributed by atoms with Gasteiger partial charge in [0.15, 0.2) is 0 Å². The molecule has 1 saturated heterocycles. The highest BCUT2D eigenvalue weighted by atomic mass is 16.5. The van der Waals surface area contributed by atoms with Gasteiger partial charge in [0.2, 0.25) is 0 Å². The fourth-order valence-corrected chi connectivity index (χ4v) is 4.76. The first kappa shape index (κ1) is 25.9. The standard InChI is InChI=1S/C30H36N2O4/c1-22-12-14-26(15-13-22)36-28-11-4-3-10-27(28)30(34,17-5-6-19-35-2)24-9-7-8-23(20-24)29(33)32-18-16-25(31)21-32/h3-4,7-15,20,25,34H,5-6,16-19,21,31H2,1-2H3. The maximum Gasteiger partial charge on any atom is 0.253 e. The molecule has 3 aromatic rings. The summed E-state index contributed by atoms with van der Waals surface area (Å²) in [4.78, 5) is 15.0. The van der Waals surface area contributed by atoms with Crippen molar-refractivity contribution in [3.05, 3.63) is 95.1 Å². The molecule has 6 heteroatoms. The van der Waals surface area contributed by atoms with Gasteiger partial charge in [-0.2, -0.15) is 0 Å². The Morgan fingerprint density at radius 1 is 1.08 bits per heavy atom. The highest BCUT2D eigenvalue weighted by molar-refractivity contribution is 5.94. The molecule has 2 unspecified atom stereocenters. The Hall–Kier alpha value is -3.19. The lowest BCUT2D eigenvalue weighted by Gasteiger charge is -2.31. The van der Waals surface area contributed by atoms with E-state index in [-0.39, 0.29) is 11.9 Å². The van der Waals surface area contributed by atoms with E-state index in [1.807, 2.05) is 73.7 Å². The Kier molecular flexibility index (Phi) is 8.41. The number of ether oxygens (including phenoxy) is 2. The summed E-state index contributed by atoms with van der Waals surface area (Å²) in [7, 11) is 1.68. The summed E-state index contributed by atoms with van der Waals surface area (Å²) in [5, 5.41) is 12.3. The Morgan fingerprint density at radius 2 is 1.86 bits per heavy atom. The highest BCUT2D eigenvalue weighted by Crippen LogP contribution is 2.41. The molecule has 0 saturated carbocycles. The zero-order chi connectivity index (χ0) is 25.5. The first-order chi connectivity index (χ1) is 17.4. The van der Waals surface area contributed by atoms with Crippen LogP contribution in [0.4, 0.5) is 0 Å². The van der Waals surface area contributed by atoms with Crippen molar-refractivity contribution in [2.75, 3.05) is 26.8 Å². The Bertz CT molecular complexity index is 1160. The van der Waals surface area contributed by atoms with Gasteiger partial charge in [-0.3, -0.25) is 4.79 Å². The minimum atomic E-state index is -1.35. The maximum absolute atomic E-state index is 13.2. The molecule has 1 aliphatic rings. The number of carbonyl (C=O) groups excluding carboxylic acids is 1. The number of benzene rings is 3. The Labute approximate surface area is 213 Å². The second-order valence-corrected chi connectivity index (χ2v) is 9.60. The van der Waals surface area contributed by atoms with Crippen LogP contribution in [0.15, 0.2) is 72.8 Å². The minimum absolute atomic E-state index is 0.0145. The van der Waals surface area contributed by atoms with Crippen molar-refractivity contribution in [3.63, 3.8) is 0 Å². The third-order valence-corrected chi connectivity index (χ3v) is 6.82. The van der Waals surface area contributed by atoms with E-state index in [0.29, 0.717) is 54.3 Å². The number of hydrogen-bond acceptors (Lipinski definition) is 5. The molecule has 190 valence electrons. The lowest BCUT2D eigenvalue weighted by molar-refractivity contribution is 0.0628. The van der Waals surface area contributed by atoms with Crippen LogP contribution >= 0.6 is 0 Å². The summed E-state index contributed by atoms with van der Waals surface area (Å²) in [6.45, 7) is 3.85. The van der Waals surface area contributed by atoms with E-state index in [1.54, 1.807) is 18.1 Å². The molecule has 0 radical (unpaired) electrons. The molecule has 1 heterocycles. The molecule has 4 rings (SSSR count). The molecule has 3 N–H and O–H groups in total. The molecule has 36 heavy (non-hydrogen) atoms. The van der Waals surface area contributed by atoms with Crippen LogP contribution in [0.5, 0.6) is 11.5 Å². The van der Waals surface area contributed by atoms with E-state index < -0.39 is 5.60 Å². The van der Waals surface area contributed by atoms with Crippen molar-refractivity contribution in [3.8, 4) is 11.5 Å². The van der Waals surface area contributed by atoms with Crippen LogP contribution < -0.4 is 10.5 Å². The highest BCUT2D eigenvalue weighted by Gasteiger charge is 2.35. The number of amides is 1. The van der Waals surface area contributed by atoms with Crippen LogP contribution in [0.1, 0.15) is 52.7 Å². The second-order valence-electron chi connectivity index (χ2n) is 9.60. The van der Waals surface area contributed by atoms with E-state index in [0.717, 1.165) is 24.8 Å². The van der Waals surface area contributed by atoms with E-state index in [2.05, 4.69) is 0 Å². The molecule has 0 bridgehead atoms. The number of rotatable bonds is 10. The normalized spacial score (nSPS) is 17.1. The molecular weight excluding hydrogens is 452 g/mol. The van der Waals surface area contributed by atoms with Crippen LogP contribution in [0.3, 0.4) is 0 Å². The summed E-state index contributed by atoms with van der Waals surface area (Å²) in [5.41, 5.74) is 7.69. The SMILES string of the molecule is COCCCCC(O)(c1cccc(C(=O)N2CCC(N)C2)c1)c1ccccc1Oc1ccc(C)cc1. The number of hydrogen-bond donors (Lipinski definition) is 2. The van der Waals surface area contributed by atoms with Gasteiger partial charge in [-0.15, -0.1) is 0 Å². The molecule has 2 atom stereocenters. The average molecular weight is 489 g/mol. The molecule has 0 aromatic heterocycles. The number of nitrogens with two attached hydrogens (primary N) is 1. The van der Waals surface area contributed by atoms with Crippen molar-refractivity contribution in [2.24, 2.45) is 5.73 Å². The molecule has 3 aromatic carbocycles. The van der Waals surface area contributed by atoms with Crippen molar-refractivity contribution in [1.82, 2.24) is 4.90 Å². The monoisotopic (exact) mass is 488 g/mol. The maximum atomic E-state index is 13.2. The third-order valence-electron chi connectivity index (χ3n) is 6.82. The molecule has 1 aliphatic heterocycles. The minimum Gasteiger partial charge on any atom is -0.457 e. The number of aliphatic hydroxyl groups is 1. The van der Waals surface area contributed by atoms with Crippen molar-refractivity contribution in [2.45, 2.75) is 44.2 Å². The van der Waals surface area contributed by atoms with Gasteiger partial charge in [0.05, 0.1) is 0 Å². The van der Waals surface area contributed by atoms with Crippen LogP contribution in [-0.2, 0) is 10.3 Å². The smallest absolute Gasteiger partial charge is 0.253 e. The lowest BCUT2D eigenvalue weighted by Crippen LogP contribution is -2.32. The third kappa shape index (κ3) is 5.95. The van der Waals surface area contributed by atoms with Crippen LogP contribution in [-0.4, -0.2) is 48.8 Å². The summed E-state index contributed by atoms with van der Waals surface area (Å²) < 4.78 is 11.5. The first-order valence-electron chi connectivity index (χ1n) is 12.6. The van der Waals surface area contributed by atoms with Gasteiger partial charge in [0.25, 0.3) is 5.91 Å². The van der Waals surface area contributed by atoms with Gasteiger partial charge in [0.1, 0.15) is 17.1 Å². The fourth-order valence-electron chi connectivity index (χ4n) is 4.76. The number of unbranched alkanes of at least 4 members (excludes halogenated alkanes) is 1. The molecule has 1 fully saturated rings. The van der Waals surface area contributed by atoms with E-state index >= 15 is 0 Å². The predicted octanol–water partition coefficient (Wildman–Crippen LogP) is 5.01. The number of carbonyl (C=O) groups is 1. The van der Waals surface area contributed by atoms with Gasteiger partial charge >= 0.3 is 0 Å². The summed E-state index contributed by atoms with van der Waals surface area (Å²) in [6, 6.07) is 22.7. The quantitative estimate of drug-likeness (QED) is 0.392. The van der Waals surface area contributed by atoms with E-state index in [1.165, 1.54) is 0 Å². The lowest BCUT2D eigenvalue weighted by atomic mass is 9.81. The topological polar surface area (TPSA) is 85.0 Å². The number of aryl methyl sites for hydroxylation is 1. The predicted molar refractivity (Wildman–Crippen MR) is 141 cm³/mol. The van der Waals surface area contributed by atoms with E-state index in [9.17, 15) is 9.90 Å². The van der Waals surface area contributed by atoms with Gasteiger partial charge in [-0.05, 0) is 68.5 Å². The zero-order valence-electron chi connectivity index (χ0n) is 21.2. The van der Waals surface area contributed by atoms with Crippen molar-refractivity contribution in [1.29, 1.82) is 0 Å². The zero-order valence-corrected chi connectivity index (χ0v) is 21.2. The molecule has 0 spiro atoms. The molecular formula is C30H36N2O4. The van der Waals surface area contributed by atoms with Gasteiger partial charge in [-0.1, -0.05) is 48.0 Å². The summed E-state index contributed by atoms with van der Waals surface area (Å²) in [6.07, 6.45) is 2.81. The molecule has 0 aliphatic carbocycles. The second kappa shape index (κ2) is 11.7. The number of methoxy groups -OCH3 is 1. The van der Waals surface area contributed by atoms with Crippen LogP contribution in [0.2, 0.25) is 0 Å². The molecule has 1 amide bonds. The number of likely N-dealkylation sites (tertiary alicyclic amines) is 1. The first-order valence-corrected chi connectivity index (χ1v) is 12.6. The fraction of sp³-hybridized carbons (Fsp3) is 0.367. The Morgan fingerprint density at radius 3 is 2.58 bits per heavy atom. The Balaban J connectivity index is 1.70. The summed E-state index contributed by atoms with van der Waals surface area (Å²) in [5.74, 6) is 1.22. The van der Waals surface area contributed by atoms with Crippen molar-refractivity contribution < 1.29 is 19.4 Å². The number of para-hydroxylation sites is 1. The largest absolute Gasteiger partial charge is 0.457 e. The van der Waals surface area contributed by atoms with Gasteiger partial charge in [0, 0.05) is 44.0 Å². The number of nitrogens with zero attached hydrogens (tertiary/aromatic N) is 1. The van der Waals surface area contributed by atoms with Crippen LogP contribution in [0, 0.1) is 6.92 Å². The van der Waals surface area contributed by atoms with Crippen molar-refractivity contribution >= 4 is 5.91 Å². The molecule has 6 nitrogen and oxygen atoms in total. The average Bonchev–Trinajstić information content (AvgIpc) is 3.34. The van der Waals surface area contributed by atoms with E-state index in [4.69, 9.17) is 15.2 Å².